The molecule has 0 saturated carbocycles. The summed E-state index contributed by atoms with van der Waals surface area (Å²) < 4.78 is 3.23. The Bertz CT molecular complexity index is 438. The molecule has 0 saturated heterocycles. The first-order valence-corrected chi connectivity index (χ1v) is 5.19. The summed E-state index contributed by atoms with van der Waals surface area (Å²) in [5.74, 6) is 0.597. The van der Waals surface area contributed by atoms with Crippen LogP contribution in [0.4, 0.5) is 0 Å². The first kappa shape index (κ1) is 10.3. The fourth-order valence-corrected chi connectivity index (χ4v) is 1.87. The lowest BCUT2D eigenvalue weighted by Gasteiger charge is -1.94. The van der Waals surface area contributed by atoms with Crippen molar-refractivity contribution in [1.82, 2.24) is 4.57 Å². The van der Waals surface area contributed by atoms with E-state index in [1.807, 2.05) is 6.08 Å². The molecule has 0 radical (unpaired) electrons. The molecule has 0 unspecified atom stereocenters. The van der Waals surface area contributed by atoms with Crippen molar-refractivity contribution in [1.29, 1.82) is 0 Å². The standard InChI is InChI=1S/C10H15NOS/c1-7(2)5-6-9-10(12)11(4)8(3)13-9/h6-7H,3,5H2,1-2,4H3/b9-6-. The summed E-state index contributed by atoms with van der Waals surface area (Å²) in [6, 6.07) is 0. The van der Waals surface area contributed by atoms with E-state index in [1.54, 1.807) is 11.6 Å². The predicted octanol–water partition coefficient (Wildman–Crippen LogP) is 0.684. The quantitative estimate of drug-likeness (QED) is 0.683. The van der Waals surface area contributed by atoms with E-state index >= 15 is 0 Å². The summed E-state index contributed by atoms with van der Waals surface area (Å²) >= 11 is 1.47. The molecule has 1 aromatic heterocycles. The first-order valence-electron chi connectivity index (χ1n) is 4.37. The number of hydrogen-bond acceptors (Lipinski definition) is 2. The lowest BCUT2D eigenvalue weighted by molar-refractivity contribution is 0.681. The first-order chi connectivity index (χ1) is 6.02. The lowest BCUT2D eigenvalue weighted by Crippen LogP contribution is -2.28. The fourth-order valence-electron chi connectivity index (χ4n) is 0.989. The molecule has 3 heteroatoms. The number of thiazole rings is 1. The highest BCUT2D eigenvalue weighted by Crippen LogP contribution is 1.98. The second-order valence-corrected chi connectivity index (χ2v) is 4.67. The van der Waals surface area contributed by atoms with Gasteiger partial charge in [-0.3, -0.25) is 4.79 Å². The molecule has 1 aromatic rings. The Morgan fingerprint density at radius 2 is 2.23 bits per heavy atom. The minimum absolute atomic E-state index is 0.0793. The van der Waals surface area contributed by atoms with Crippen LogP contribution in [0.3, 0.4) is 0 Å². The highest BCUT2D eigenvalue weighted by Gasteiger charge is 1.97. The van der Waals surface area contributed by atoms with Crippen LogP contribution in [-0.2, 0) is 7.05 Å². The van der Waals surface area contributed by atoms with Gasteiger partial charge < -0.3 is 4.57 Å². The third-order valence-corrected chi connectivity index (χ3v) is 2.96. The maximum absolute atomic E-state index is 11.5. The highest BCUT2D eigenvalue weighted by molar-refractivity contribution is 7.07. The van der Waals surface area contributed by atoms with Gasteiger partial charge in [0.1, 0.15) is 0 Å². The van der Waals surface area contributed by atoms with Crippen LogP contribution in [0.25, 0.3) is 12.7 Å². The van der Waals surface area contributed by atoms with Gasteiger partial charge in [0.05, 0.1) is 9.20 Å². The van der Waals surface area contributed by atoms with Crippen molar-refractivity contribution in [2.24, 2.45) is 13.0 Å². The van der Waals surface area contributed by atoms with E-state index in [0.29, 0.717) is 5.92 Å². The van der Waals surface area contributed by atoms with Crippen LogP contribution in [0.1, 0.15) is 20.3 Å². The van der Waals surface area contributed by atoms with Gasteiger partial charge in [0.2, 0.25) is 0 Å². The van der Waals surface area contributed by atoms with Crippen molar-refractivity contribution in [3.63, 3.8) is 0 Å². The third-order valence-electron chi connectivity index (χ3n) is 1.89. The number of hydrogen-bond donors (Lipinski definition) is 0. The number of rotatable bonds is 2. The topological polar surface area (TPSA) is 22.0 Å². The molecule has 0 aromatic carbocycles. The average molecular weight is 197 g/mol. The van der Waals surface area contributed by atoms with Crippen molar-refractivity contribution >= 4 is 24.0 Å². The second kappa shape index (κ2) is 3.92. The Balaban J connectivity index is 3.17. The molecule has 0 aliphatic rings. The number of nitrogens with zero attached hydrogens (tertiary/aromatic N) is 1. The zero-order valence-electron chi connectivity index (χ0n) is 8.33. The summed E-state index contributed by atoms with van der Waals surface area (Å²) in [6.07, 6.45) is 2.96. The Kier molecular flexibility index (Phi) is 3.09. The maximum Gasteiger partial charge on any atom is 0.268 e. The van der Waals surface area contributed by atoms with Gasteiger partial charge >= 0.3 is 0 Å². The van der Waals surface area contributed by atoms with E-state index in [4.69, 9.17) is 0 Å². The normalized spacial score (nSPS) is 12.8. The van der Waals surface area contributed by atoms with Gasteiger partial charge in [0.25, 0.3) is 5.56 Å². The molecule has 1 rings (SSSR count). The van der Waals surface area contributed by atoms with Crippen molar-refractivity contribution in [3.05, 3.63) is 19.5 Å². The Hall–Kier alpha value is -0.830. The van der Waals surface area contributed by atoms with Crippen LogP contribution in [0.15, 0.2) is 4.79 Å². The van der Waals surface area contributed by atoms with E-state index in [2.05, 4.69) is 20.4 Å². The molecular weight excluding hydrogens is 182 g/mol. The van der Waals surface area contributed by atoms with Crippen LogP contribution < -0.4 is 14.8 Å². The van der Waals surface area contributed by atoms with Crippen LogP contribution in [-0.4, -0.2) is 4.57 Å². The monoisotopic (exact) mass is 197 g/mol. The van der Waals surface area contributed by atoms with Crippen LogP contribution in [0, 0.1) is 5.92 Å². The smallest absolute Gasteiger partial charge is 0.268 e. The molecular formula is C10H15NOS. The Morgan fingerprint density at radius 3 is 2.62 bits per heavy atom. The Labute approximate surface area is 81.8 Å². The fraction of sp³-hybridized carbons (Fsp3) is 0.500. The molecule has 72 valence electrons. The molecule has 1 heterocycles. The molecule has 13 heavy (non-hydrogen) atoms. The summed E-state index contributed by atoms with van der Waals surface area (Å²) in [4.78, 5) is 11.5. The van der Waals surface area contributed by atoms with Crippen molar-refractivity contribution in [2.45, 2.75) is 20.3 Å². The van der Waals surface area contributed by atoms with Crippen LogP contribution in [0.2, 0.25) is 0 Å². The second-order valence-electron chi connectivity index (χ2n) is 3.56. The lowest BCUT2D eigenvalue weighted by atomic mass is 10.1. The summed E-state index contributed by atoms with van der Waals surface area (Å²) in [5.41, 5.74) is 0.0793. The highest BCUT2D eigenvalue weighted by atomic mass is 32.1. The maximum atomic E-state index is 11.5. The van der Waals surface area contributed by atoms with Gasteiger partial charge in [-0.2, -0.15) is 0 Å². The molecule has 0 spiro atoms. The molecule has 0 amide bonds. The minimum Gasteiger partial charge on any atom is -0.303 e. The molecule has 2 nitrogen and oxygen atoms in total. The molecule has 0 bridgehead atoms. The van der Waals surface area contributed by atoms with Crippen molar-refractivity contribution in [2.75, 3.05) is 0 Å². The van der Waals surface area contributed by atoms with Gasteiger partial charge in [-0.1, -0.05) is 26.5 Å². The zero-order chi connectivity index (χ0) is 10.0. The van der Waals surface area contributed by atoms with Gasteiger partial charge in [0, 0.05) is 7.05 Å². The molecule has 0 aliphatic heterocycles. The SMILES string of the molecule is C=c1s/c(=C\CC(C)C)c(=O)n1C. The van der Waals surface area contributed by atoms with Gasteiger partial charge in [-0.05, 0) is 12.3 Å². The Morgan fingerprint density at radius 1 is 1.62 bits per heavy atom. The van der Waals surface area contributed by atoms with Crippen LogP contribution in [0.5, 0.6) is 0 Å². The van der Waals surface area contributed by atoms with Crippen molar-refractivity contribution in [3.8, 4) is 0 Å². The molecule has 0 fully saturated rings. The largest absolute Gasteiger partial charge is 0.303 e. The van der Waals surface area contributed by atoms with E-state index in [-0.39, 0.29) is 5.56 Å². The molecule has 0 N–H and O–H groups in total. The van der Waals surface area contributed by atoms with E-state index in [1.165, 1.54) is 11.3 Å². The zero-order valence-corrected chi connectivity index (χ0v) is 9.15. The van der Waals surface area contributed by atoms with Gasteiger partial charge in [-0.25, -0.2) is 0 Å². The van der Waals surface area contributed by atoms with E-state index in [0.717, 1.165) is 15.6 Å². The van der Waals surface area contributed by atoms with Gasteiger partial charge in [-0.15, -0.1) is 11.3 Å². The van der Waals surface area contributed by atoms with Crippen molar-refractivity contribution < 1.29 is 0 Å². The summed E-state index contributed by atoms with van der Waals surface area (Å²) in [5, 5.41) is 0. The summed E-state index contributed by atoms with van der Waals surface area (Å²) in [6.45, 7) is 8.07. The molecule has 0 aliphatic carbocycles. The summed E-state index contributed by atoms with van der Waals surface area (Å²) in [7, 11) is 1.76. The third kappa shape index (κ3) is 2.31. The van der Waals surface area contributed by atoms with E-state index < -0.39 is 0 Å². The number of aromatic nitrogens is 1. The van der Waals surface area contributed by atoms with Gasteiger partial charge in [0.15, 0.2) is 0 Å². The molecule has 0 atom stereocenters. The van der Waals surface area contributed by atoms with Crippen LogP contribution >= 0.6 is 11.3 Å². The van der Waals surface area contributed by atoms with E-state index in [9.17, 15) is 4.79 Å². The average Bonchev–Trinajstić information content (AvgIpc) is 2.29. The minimum atomic E-state index is 0.0793. The predicted molar refractivity (Wildman–Crippen MR) is 58.3 cm³/mol.